The first-order valence-corrected chi connectivity index (χ1v) is 13.0. The molecule has 2 fully saturated rings. The monoisotopic (exact) mass is 524 g/mol. The summed E-state index contributed by atoms with van der Waals surface area (Å²) in [6.45, 7) is 0.0841. The van der Waals surface area contributed by atoms with Gasteiger partial charge in [-0.1, -0.05) is 58.3 Å². The molecule has 12 nitrogen and oxygen atoms in total. The third-order valence-electron chi connectivity index (χ3n) is 6.78. The second kappa shape index (κ2) is 15.5. The fourth-order valence-electron chi connectivity index (χ4n) is 4.45. The molecule has 0 aromatic carbocycles. The van der Waals surface area contributed by atoms with E-state index < -0.39 is 80.6 Å². The quantitative estimate of drug-likeness (QED) is 0.0970. The average molecular weight is 525 g/mol. The Morgan fingerprint density at radius 2 is 1.42 bits per heavy atom. The van der Waals surface area contributed by atoms with Gasteiger partial charge in [-0.15, -0.1) is 0 Å². The fraction of sp³-hybridized carbons (Fsp3) is 0.958. The SMILES string of the molecule is CCCCCCCCCCCC(=O)OC[C@@H]1O[C@H](O[C@]2(CO)O[C@H](CO)[C@@H](O)[C@@H]2O)[C@@H](O)[C@@H](O)[C@@H]1O. The molecule has 2 rings (SSSR count). The van der Waals surface area contributed by atoms with E-state index in [2.05, 4.69) is 6.92 Å². The van der Waals surface area contributed by atoms with Gasteiger partial charge in [-0.05, 0) is 6.42 Å². The molecule has 2 saturated heterocycles. The van der Waals surface area contributed by atoms with Crippen molar-refractivity contribution in [2.75, 3.05) is 19.8 Å². The first-order valence-electron chi connectivity index (χ1n) is 13.0. The van der Waals surface area contributed by atoms with Crippen LogP contribution in [0.15, 0.2) is 0 Å². The van der Waals surface area contributed by atoms with Crippen LogP contribution in [0.3, 0.4) is 0 Å². The van der Waals surface area contributed by atoms with Gasteiger partial charge in [0.2, 0.25) is 5.79 Å². The van der Waals surface area contributed by atoms with E-state index >= 15 is 0 Å². The number of aliphatic hydroxyl groups excluding tert-OH is 7. The number of hydrogen-bond acceptors (Lipinski definition) is 12. The summed E-state index contributed by atoms with van der Waals surface area (Å²) in [7, 11) is 0. The Balaban J connectivity index is 1.80. The van der Waals surface area contributed by atoms with Gasteiger partial charge in [-0.3, -0.25) is 4.79 Å². The van der Waals surface area contributed by atoms with Crippen molar-refractivity contribution in [2.24, 2.45) is 0 Å². The Kier molecular flexibility index (Phi) is 13.4. The Hall–Kier alpha value is -0.930. The number of unbranched alkanes of at least 4 members (excludes halogenated alkanes) is 8. The molecule has 2 aliphatic heterocycles. The van der Waals surface area contributed by atoms with Crippen molar-refractivity contribution in [1.29, 1.82) is 0 Å². The number of carbonyl (C=O) groups excluding carboxylic acids is 1. The summed E-state index contributed by atoms with van der Waals surface area (Å²) in [4.78, 5) is 12.1. The lowest BCUT2D eigenvalue weighted by Gasteiger charge is -2.43. The zero-order chi connectivity index (χ0) is 26.7. The molecular formula is C24H44O12. The van der Waals surface area contributed by atoms with Crippen LogP contribution in [-0.2, 0) is 23.7 Å². The van der Waals surface area contributed by atoms with Crippen LogP contribution in [0.5, 0.6) is 0 Å². The molecule has 2 aliphatic rings. The first-order chi connectivity index (χ1) is 17.2. The van der Waals surface area contributed by atoms with E-state index in [-0.39, 0.29) is 6.42 Å². The van der Waals surface area contributed by atoms with E-state index in [0.717, 1.165) is 19.3 Å². The van der Waals surface area contributed by atoms with E-state index in [9.17, 15) is 40.5 Å². The van der Waals surface area contributed by atoms with Gasteiger partial charge in [-0.2, -0.15) is 0 Å². The van der Waals surface area contributed by atoms with E-state index in [0.29, 0.717) is 6.42 Å². The molecule has 0 saturated carbocycles. The molecule has 9 atom stereocenters. The van der Waals surface area contributed by atoms with Crippen LogP contribution in [0, 0.1) is 0 Å². The van der Waals surface area contributed by atoms with Crippen LogP contribution in [-0.4, -0.2) is 116 Å². The molecular weight excluding hydrogens is 480 g/mol. The van der Waals surface area contributed by atoms with Gasteiger partial charge >= 0.3 is 5.97 Å². The number of carbonyl (C=O) groups is 1. The van der Waals surface area contributed by atoms with Crippen molar-refractivity contribution in [2.45, 2.75) is 126 Å². The van der Waals surface area contributed by atoms with Crippen LogP contribution in [0.4, 0.5) is 0 Å². The topological polar surface area (TPSA) is 196 Å². The lowest BCUT2D eigenvalue weighted by atomic mass is 9.99. The van der Waals surface area contributed by atoms with Crippen molar-refractivity contribution < 1.29 is 59.5 Å². The highest BCUT2D eigenvalue weighted by molar-refractivity contribution is 5.69. The van der Waals surface area contributed by atoms with E-state index in [1.807, 2.05) is 0 Å². The molecule has 12 heteroatoms. The molecule has 0 radical (unpaired) electrons. The van der Waals surface area contributed by atoms with Crippen LogP contribution >= 0.6 is 0 Å². The lowest BCUT2D eigenvalue weighted by Crippen LogP contribution is -2.62. The van der Waals surface area contributed by atoms with Gasteiger partial charge in [0.25, 0.3) is 0 Å². The zero-order valence-corrected chi connectivity index (χ0v) is 21.0. The minimum Gasteiger partial charge on any atom is -0.463 e. The number of rotatable bonds is 16. The summed E-state index contributed by atoms with van der Waals surface area (Å²) in [6.07, 6.45) is -2.81. The van der Waals surface area contributed by atoms with E-state index in [1.165, 1.54) is 32.1 Å². The Morgan fingerprint density at radius 3 is 1.97 bits per heavy atom. The summed E-state index contributed by atoms with van der Waals surface area (Å²) in [5, 5.41) is 70.1. The van der Waals surface area contributed by atoms with Crippen LogP contribution in [0.1, 0.15) is 71.1 Å². The third kappa shape index (κ3) is 8.29. The smallest absolute Gasteiger partial charge is 0.305 e. The molecule has 212 valence electrons. The number of hydrogen-bond donors (Lipinski definition) is 7. The second-order valence-electron chi connectivity index (χ2n) is 9.64. The predicted octanol–water partition coefficient (Wildman–Crippen LogP) is -0.924. The standard InChI is InChI=1S/C24H44O12/c1-2-3-4-5-6-7-8-9-10-11-17(27)33-13-16-18(28)20(30)21(31)23(34-16)36-24(14-26)22(32)19(29)15(12-25)35-24/h15-16,18-23,25-26,28-32H,2-14H2,1H3/t15-,16+,18-,19-,20+,21+,22+,23-,24+/m1/s1. The second-order valence-corrected chi connectivity index (χ2v) is 9.64. The van der Waals surface area contributed by atoms with E-state index in [1.54, 1.807) is 0 Å². The van der Waals surface area contributed by atoms with Crippen LogP contribution in [0.25, 0.3) is 0 Å². The lowest BCUT2D eigenvalue weighted by molar-refractivity contribution is -0.383. The van der Waals surface area contributed by atoms with Crippen molar-refractivity contribution in [3.05, 3.63) is 0 Å². The summed E-state index contributed by atoms with van der Waals surface area (Å²) in [6, 6.07) is 0. The average Bonchev–Trinajstić information content (AvgIpc) is 3.12. The Morgan fingerprint density at radius 1 is 0.806 bits per heavy atom. The summed E-state index contributed by atoms with van der Waals surface area (Å²) < 4.78 is 21.3. The molecule has 7 N–H and O–H groups in total. The predicted molar refractivity (Wildman–Crippen MR) is 124 cm³/mol. The maximum atomic E-state index is 12.1. The number of esters is 1. The van der Waals surface area contributed by atoms with Crippen LogP contribution in [0.2, 0.25) is 0 Å². The first kappa shape index (κ1) is 31.3. The highest BCUT2D eigenvalue weighted by Gasteiger charge is 2.58. The molecule has 0 spiro atoms. The molecule has 0 bridgehead atoms. The maximum Gasteiger partial charge on any atom is 0.305 e. The maximum absolute atomic E-state index is 12.1. The van der Waals surface area contributed by atoms with Crippen molar-refractivity contribution in [1.82, 2.24) is 0 Å². The molecule has 0 aliphatic carbocycles. The molecule has 0 amide bonds. The minimum absolute atomic E-state index is 0.192. The fourth-order valence-corrected chi connectivity index (χ4v) is 4.45. The molecule has 36 heavy (non-hydrogen) atoms. The molecule has 2 heterocycles. The highest BCUT2D eigenvalue weighted by Crippen LogP contribution is 2.36. The van der Waals surface area contributed by atoms with Gasteiger partial charge in [0.1, 0.15) is 55.9 Å². The highest BCUT2D eigenvalue weighted by atomic mass is 16.8. The van der Waals surface area contributed by atoms with Gasteiger partial charge in [0, 0.05) is 6.42 Å². The van der Waals surface area contributed by atoms with Crippen LogP contribution < -0.4 is 0 Å². The Bertz CT molecular complexity index is 636. The van der Waals surface area contributed by atoms with Gasteiger partial charge in [0.15, 0.2) is 6.29 Å². The molecule has 0 unspecified atom stereocenters. The Labute approximate surface area is 211 Å². The summed E-state index contributed by atoms with van der Waals surface area (Å²) in [5.41, 5.74) is 0. The minimum atomic E-state index is -2.27. The third-order valence-corrected chi connectivity index (χ3v) is 6.78. The summed E-state index contributed by atoms with van der Waals surface area (Å²) in [5.74, 6) is -2.76. The van der Waals surface area contributed by atoms with Gasteiger partial charge in [0.05, 0.1) is 6.61 Å². The molecule has 0 aromatic rings. The summed E-state index contributed by atoms with van der Waals surface area (Å²) >= 11 is 0. The normalized spacial score (nSPS) is 36.8. The van der Waals surface area contributed by atoms with Crippen molar-refractivity contribution in [3.63, 3.8) is 0 Å². The van der Waals surface area contributed by atoms with Gasteiger partial charge < -0.3 is 54.7 Å². The zero-order valence-electron chi connectivity index (χ0n) is 21.0. The van der Waals surface area contributed by atoms with E-state index in [4.69, 9.17) is 18.9 Å². The van der Waals surface area contributed by atoms with Gasteiger partial charge in [-0.25, -0.2) is 0 Å². The number of aliphatic hydroxyl groups is 7. The van der Waals surface area contributed by atoms with Crippen molar-refractivity contribution >= 4 is 5.97 Å². The van der Waals surface area contributed by atoms with Crippen molar-refractivity contribution in [3.8, 4) is 0 Å². The largest absolute Gasteiger partial charge is 0.463 e. The molecule has 0 aromatic heterocycles. The number of ether oxygens (including phenoxy) is 4.